The molecule has 0 aliphatic rings. The molecule has 0 saturated heterocycles. The summed E-state index contributed by atoms with van der Waals surface area (Å²) in [5, 5.41) is 3.91. The zero-order chi connectivity index (χ0) is 21.3. The number of nitrogens with one attached hydrogen (secondary N) is 1. The molecule has 1 N–H and O–H groups in total. The molecule has 3 rings (SSSR count). The Kier molecular flexibility index (Phi) is 8.12. The normalized spacial score (nSPS) is 11.9. The second-order valence-electron chi connectivity index (χ2n) is 7.32. The van der Waals surface area contributed by atoms with E-state index in [-0.39, 0.29) is 12.4 Å². The lowest BCUT2D eigenvalue weighted by Crippen LogP contribution is -2.26. The molecule has 0 heterocycles. The standard InChI is InChI=1S/C25H27ClFNO2/c1-18(8-9-19-6-4-3-5-7-19)28-16-20-10-13-24(25(14-20)29-2)30-17-21-11-12-22(27)15-23(21)26/h3-7,10-15,18,28H,8-9,16-17H2,1-2H3/t18-/m1/s1. The third kappa shape index (κ3) is 6.48. The van der Waals surface area contributed by atoms with Gasteiger partial charge in [0.25, 0.3) is 0 Å². The maximum Gasteiger partial charge on any atom is 0.161 e. The van der Waals surface area contributed by atoms with E-state index in [2.05, 4.69) is 36.5 Å². The molecule has 0 fully saturated rings. The van der Waals surface area contributed by atoms with Crippen LogP contribution in [0.15, 0.2) is 66.7 Å². The van der Waals surface area contributed by atoms with Gasteiger partial charge in [0.1, 0.15) is 12.4 Å². The van der Waals surface area contributed by atoms with Gasteiger partial charge in [-0.15, -0.1) is 0 Å². The van der Waals surface area contributed by atoms with Gasteiger partial charge < -0.3 is 14.8 Å². The van der Waals surface area contributed by atoms with Crippen LogP contribution in [0.4, 0.5) is 4.39 Å². The van der Waals surface area contributed by atoms with E-state index in [9.17, 15) is 4.39 Å². The van der Waals surface area contributed by atoms with Crippen molar-refractivity contribution >= 4 is 11.6 Å². The second kappa shape index (κ2) is 11.0. The largest absolute Gasteiger partial charge is 0.493 e. The van der Waals surface area contributed by atoms with Gasteiger partial charge in [0.05, 0.1) is 12.1 Å². The molecule has 5 heteroatoms. The Labute approximate surface area is 182 Å². The topological polar surface area (TPSA) is 30.5 Å². The molecule has 0 unspecified atom stereocenters. The number of rotatable bonds is 10. The van der Waals surface area contributed by atoms with E-state index in [4.69, 9.17) is 21.1 Å². The number of halogens is 2. The summed E-state index contributed by atoms with van der Waals surface area (Å²) in [4.78, 5) is 0. The van der Waals surface area contributed by atoms with Crippen LogP contribution in [0.1, 0.15) is 30.0 Å². The van der Waals surface area contributed by atoms with Gasteiger partial charge in [-0.3, -0.25) is 0 Å². The highest BCUT2D eigenvalue weighted by Crippen LogP contribution is 2.30. The van der Waals surface area contributed by atoms with Gasteiger partial charge in [0.2, 0.25) is 0 Å². The molecular formula is C25H27ClFNO2. The van der Waals surface area contributed by atoms with Crippen LogP contribution in [0.2, 0.25) is 5.02 Å². The van der Waals surface area contributed by atoms with Gasteiger partial charge >= 0.3 is 0 Å². The summed E-state index contributed by atoms with van der Waals surface area (Å²) < 4.78 is 24.5. The first kappa shape index (κ1) is 22.1. The van der Waals surface area contributed by atoms with Crippen molar-refractivity contribution in [2.45, 2.75) is 39.0 Å². The Balaban J connectivity index is 1.53. The minimum absolute atomic E-state index is 0.240. The van der Waals surface area contributed by atoms with Crippen LogP contribution in [0.25, 0.3) is 0 Å². The highest BCUT2D eigenvalue weighted by atomic mass is 35.5. The Morgan fingerprint density at radius 2 is 1.77 bits per heavy atom. The average molecular weight is 428 g/mol. The molecule has 0 bridgehead atoms. The molecule has 30 heavy (non-hydrogen) atoms. The first-order valence-electron chi connectivity index (χ1n) is 10.1. The third-order valence-electron chi connectivity index (χ3n) is 4.99. The molecule has 0 amide bonds. The van der Waals surface area contributed by atoms with Gasteiger partial charge in [0.15, 0.2) is 11.5 Å². The zero-order valence-corrected chi connectivity index (χ0v) is 18.1. The number of methoxy groups -OCH3 is 1. The summed E-state index contributed by atoms with van der Waals surface area (Å²) in [6.45, 7) is 3.18. The molecular weight excluding hydrogens is 401 g/mol. The number of aryl methyl sites for hydroxylation is 1. The van der Waals surface area contributed by atoms with E-state index in [0.29, 0.717) is 22.6 Å². The lowest BCUT2D eigenvalue weighted by molar-refractivity contribution is 0.284. The molecule has 0 radical (unpaired) electrons. The van der Waals surface area contributed by atoms with Crippen molar-refractivity contribution in [1.82, 2.24) is 5.32 Å². The first-order valence-corrected chi connectivity index (χ1v) is 10.4. The summed E-state index contributed by atoms with van der Waals surface area (Å²) in [6.07, 6.45) is 2.12. The Morgan fingerprint density at radius 3 is 2.50 bits per heavy atom. The summed E-state index contributed by atoms with van der Waals surface area (Å²) in [5.74, 6) is 0.916. The third-order valence-corrected chi connectivity index (χ3v) is 5.34. The fourth-order valence-electron chi connectivity index (χ4n) is 3.16. The van der Waals surface area contributed by atoms with Crippen LogP contribution < -0.4 is 14.8 Å². The van der Waals surface area contributed by atoms with Crippen molar-refractivity contribution in [1.29, 1.82) is 0 Å². The van der Waals surface area contributed by atoms with Crippen molar-refractivity contribution in [3.05, 3.63) is 94.3 Å². The van der Waals surface area contributed by atoms with Crippen LogP contribution in [0.5, 0.6) is 11.5 Å². The number of benzene rings is 3. The minimum atomic E-state index is -0.365. The molecule has 1 atom stereocenters. The van der Waals surface area contributed by atoms with Gasteiger partial charge in [-0.2, -0.15) is 0 Å². The Bertz CT molecular complexity index is 949. The second-order valence-corrected chi connectivity index (χ2v) is 7.72. The van der Waals surface area contributed by atoms with Gasteiger partial charge in [-0.1, -0.05) is 54.1 Å². The fraction of sp³-hybridized carbons (Fsp3) is 0.280. The van der Waals surface area contributed by atoms with Crippen molar-refractivity contribution < 1.29 is 13.9 Å². The number of ether oxygens (including phenoxy) is 2. The molecule has 0 aliphatic carbocycles. The zero-order valence-electron chi connectivity index (χ0n) is 17.3. The summed E-state index contributed by atoms with van der Waals surface area (Å²) in [7, 11) is 1.62. The minimum Gasteiger partial charge on any atom is -0.493 e. The van der Waals surface area contributed by atoms with Crippen molar-refractivity contribution in [2.75, 3.05) is 7.11 Å². The van der Waals surface area contributed by atoms with Gasteiger partial charge in [0, 0.05) is 18.2 Å². The maximum absolute atomic E-state index is 13.2. The van der Waals surface area contributed by atoms with E-state index < -0.39 is 0 Å². The van der Waals surface area contributed by atoms with E-state index in [1.54, 1.807) is 13.2 Å². The van der Waals surface area contributed by atoms with Crippen LogP contribution in [-0.2, 0) is 19.6 Å². The number of hydrogen-bond donors (Lipinski definition) is 1. The number of hydrogen-bond acceptors (Lipinski definition) is 3. The smallest absolute Gasteiger partial charge is 0.161 e. The van der Waals surface area contributed by atoms with E-state index >= 15 is 0 Å². The average Bonchev–Trinajstić information content (AvgIpc) is 2.76. The van der Waals surface area contributed by atoms with Crippen LogP contribution in [0.3, 0.4) is 0 Å². The molecule has 3 aromatic rings. The molecule has 0 saturated carbocycles. The van der Waals surface area contributed by atoms with Gasteiger partial charge in [-0.05, 0) is 55.2 Å². The highest BCUT2D eigenvalue weighted by Gasteiger charge is 2.09. The monoisotopic (exact) mass is 427 g/mol. The molecule has 0 spiro atoms. The Morgan fingerprint density at radius 1 is 0.967 bits per heavy atom. The van der Waals surface area contributed by atoms with Gasteiger partial charge in [-0.25, -0.2) is 4.39 Å². The summed E-state index contributed by atoms with van der Waals surface area (Å²) in [5.41, 5.74) is 3.19. The van der Waals surface area contributed by atoms with E-state index in [0.717, 1.165) is 30.5 Å². The predicted molar refractivity (Wildman–Crippen MR) is 120 cm³/mol. The molecule has 3 aromatic carbocycles. The van der Waals surface area contributed by atoms with Crippen molar-refractivity contribution in [2.24, 2.45) is 0 Å². The Hall–Kier alpha value is -2.56. The summed E-state index contributed by atoms with van der Waals surface area (Å²) >= 11 is 6.07. The lowest BCUT2D eigenvalue weighted by atomic mass is 10.1. The molecule has 158 valence electrons. The van der Waals surface area contributed by atoms with Crippen LogP contribution in [-0.4, -0.2) is 13.2 Å². The molecule has 0 aliphatic heterocycles. The predicted octanol–water partition coefficient (Wildman–Crippen LogP) is 6.18. The first-order chi connectivity index (χ1) is 14.5. The van der Waals surface area contributed by atoms with Crippen molar-refractivity contribution in [3.8, 4) is 11.5 Å². The van der Waals surface area contributed by atoms with Crippen LogP contribution in [0, 0.1) is 5.82 Å². The van der Waals surface area contributed by atoms with Crippen LogP contribution >= 0.6 is 11.6 Å². The van der Waals surface area contributed by atoms with E-state index in [1.807, 2.05) is 24.3 Å². The highest BCUT2D eigenvalue weighted by molar-refractivity contribution is 6.31. The molecule has 0 aromatic heterocycles. The maximum atomic E-state index is 13.2. The lowest BCUT2D eigenvalue weighted by Gasteiger charge is -2.16. The van der Waals surface area contributed by atoms with Crippen molar-refractivity contribution in [3.63, 3.8) is 0 Å². The quantitative estimate of drug-likeness (QED) is 0.419. The summed E-state index contributed by atoms with van der Waals surface area (Å²) in [6, 6.07) is 21.1. The SMILES string of the molecule is COc1cc(CN[C@H](C)CCc2ccccc2)ccc1OCc1ccc(F)cc1Cl. The molecule has 3 nitrogen and oxygen atoms in total. The fourth-order valence-corrected chi connectivity index (χ4v) is 3.38. The van der Waals surface area contributed by atoms with E-state index in [1.165, 1.54) is 17.7 Å².